The molecule has 0 bridgehead atoms. The van der Waals surface area contributed by atoms with E-state index < -0.39 is 12.0 Å². The fourth-order valence-corrected chi connectivity index (χ4v) is 3.26. The van der Waals surface area contributed by atoms with Gasteiger partial charge >= 0.3 is 5.97 Å². The van der Waals surface area contributed by atoms with Crippen LogP contribution in [0.3, 0.4) is 0 Å². The molecule has 0 radical (unpaired) electrons. The summed E-state index contributed by atoms with van der Waals surface area (Å²) in [6, 6.07) is 18.3. The molecule has 158 valence electrons. The molecular formula is C22H22N6O3. The van der Waals surface area contributed by atoms with Crippen LogP contribution in [0.15, 0.2) is 72.1 Å². The van der Waals surface area contributed by atoms with E-state index in [0.29, 0.717) is 12.2 Å². The van der Waals surface area contributed by atoms with Crippen molar-refractivity contribution in [3.8, 4) is 0 Å². The summed E-state index contributed by atoms with van der Waals surface area (Å²) in [7, 11) is 0. The van der Waals surface area contributed by atoms with Crippen LogP contribution in [-0.2, 0) is 20.9 Å². The monoisotopic (exact) mass is 418 g/mol. The lowest BCUT2D eigenvalue weighted by Crippen LogP contribution is -2.39. The molecule has 0 fully saturated rings. The SMILES string of the molecule is CCOC(=O)C1=NN(c2ccccc2)C(C(=O)Nc2ncn(Cc3ccccc3)n2)C1. The molecule has 1 aliphatic heterocycles. The van der Waals surface area contributed by atoms with Crippen LogP contribution in [-0.4, -0.2) is 45.0 Å². The van der Waals surface area contributed by atoms with Gasteiger partial charge in [-0.05, 0) is 24.6 Å². The van der Waals surface area contributed by atoms with Gasteiger partial charge in [0, 0.05) is 6.42 Å². The fraction of sp³-hybridized carbons (Fsp3) is 0.227. The molecule has 31 heavy (non-hydrogen) atoms. The van der Waals surface area contributed by atoms with Crippen LogP contribution in [0.25, 0.3) is 0 Å². The zero-order chi connectivity index (χ0) is 21.6. The number of anilines is 2. The zero-order valence-corrected chi connectivity index (χ0v) is 17.0. The summed E-state index contributed by atoms with van der Waals surface area (Å²) in [5, 5.41) is 12.9. The van der Waals surface area contributed by atoms with Gasteiger partial charge < -0.3 is 4.74 Å². The number of hydrogen-bond acceptors (Lipinski definition) is 7. The Labute approximate surface area is 179 Å². The number of nitrogens with zero attached hydrogens (tertiary/aromatic N) is 5. The predicted octanol–water partition coefficient (Wildman–Crippen LogP) is 2.46. The van der Waals surface area contributed by atoms with E-state index in [-0.39, 0.29) is 30.6 Å². The van der Waals surface area contributed by atoms with Crippen molar-refractivity contribution in [1.82, 2.24) is 14.8 Å². The maximum Gasteiger partial charge on any atom is 0.354 e. The maximum atomic E-state index is 13.0. The van der Waals surface area contributed by atoms with Crippen LogP contribution in [0.4, 0.5) is 11.6 Å². The highest BCUT2D eigenvalue weighted by atomic mass is 16.5. The average Bonchev–Trinajstić information content (AvgIpc) is 3.43. The van der Waals surface area contributed by atoms with Gasteiger partial charge in [0.2, 0.25) is 5.95 Å². The lowest BCUT2D eigenvalue weighted by atomic mass is 10.1. The summed E-state index contributed by atoms with van der Waals surface area (Å²) in [5.41, 5.74) is 1.97. The van der Waals surface area contributed by atoms with Crippen LogP contribution in [0.1, 0.15) is 18.9 Å². The summed E-state index contributed by atoms with van der Waals surface area (Å²) < 4.78 is 6.71. The van der Waals surface area contributed by atoms with Gasteiger partial charge in [-0.15, -0.1) is 5.10 Å². The van der Waals surface area contributed by atoms with Crippen molar-refractivity contribution in [3.63, 3.8) is 0 Å². The molecule has 1 N–H and O–H groups in total. The lowest BCUT2D eigenvalue weighted by molar-refractivity contribution is -0.135. The van der Waals surface area contributed by atoms with E-state index in [9.17, 15) is 9.59 Å². The third-order valence-electron chi connectivity index (χ3n) is 4.70. The molecule has 1 aromatic heterocycles. The molecule has 2 aromatic carbocycles. The normalized spacial score (nSPS) is 15.5. The molecule has 0 spiro atoms. The molecule has 3 aromatic rings. The smallest absolute Gasteiger partial charge is 0.354 e. The van der Waals surface area contributed by atoms with E-state index in [2.05, 4.69) is 20.5 Å². The molecule has 4 rings (SSSR count). The van der Waals surface area contributed by atoms with E-state index in [4.69, 9.17) is 4.74 Å². The Morgan fingerprint density at radius 1 is 1.10 bits per heavy atom. The Kier molecular flexibility index (Phi) is 6.02. The highest BCUT2D eigenvalue weighted by molar-refractivity contribution is 6.38. The Bertz CT molecular complexity index is 1080. The first-order valence-corrected chi connectivity index (χ1v) is 9.97. The number of hydrogen-bond donors (Lipinski definition) is 1. The first kappa shape index (κ1) is 20.3. The van der Waals surface area contributed by atoms with Crippen LogP contribution in [0, 0.1) is 0 Å². The number of nitrogens with one attached hydrogen (secondary N) is 1. The van der Waals surface area contributed by atoms with Crippen molar-refractivity contribution in [2.45, 2.75) is 25.9 Å². The van der Waals surface area contributed by atoms with Gasteiger partial charge in [-0.2, -0.15) is 5.10 Å². The minimum Gasteiger partial charge on any atom is -0.461 e. The summed E-state index contributed by atoms with van der Waals surface area (Å²) in [6.07, 6.45) is 1.69. The minimum absolute atomic E-state index is 0.129. The van der Waals surface area contributed by atoms with E-state index >= 15 is 0 Å². The molecule has 9 nitrogen and oxygen atoms in total. The van der Waals surface area contributed by atoms with Gasteiger partial charge in [0.05, 0.1) is 18.8 Å². The molecule has 0 saturated carbocycles. The summed E-state index contributed by atoms with van der Waals surface area (Å²) in [6.45, 7) is 2.51. The second-order valence-corrected chi connectivity index (χ2v) is 6.91. The van der Waals surface area contributed by atoms with Crippen LogP contribution in [0.2, 0.25) is 0 Å². The number of carbonyl (C=O) groups excluding carboxylic acids is 2. The largest absolute Gasteiger partial charge is 0.461 e. The van der Waals surface area contributed by atoms with E-state index in [0.717, 1.165) is 5.56 Å². The summed E-state index contributed by atoms with van der Waals surface area (Å²) in [4.78, 5) is 29.4. The van der Waals surface area contributed by atoms with Gasteiger partial charge in [0.15, 0.2) is 0 Å². The maximum absolute atomic E-state index is 13.0. The number of amides is 1. The first-order valence-electron chi connectivity index (χ1n) is 9.97. The molecule has 1 aliphatic rings. The molecular weight excluding hydrogens is 396 g/mol. The zero-order valence-electron chi connectivity index (χ0n) is 17.0. The number of para-hydroxylation sites is 1. The van der Waals surface area contributed by atoms with Crippen LogP contribution >= 0.6 is 0 Å². The molecule has 9 heteroatoms. The minimum atomic E-state index is -0.720. The molecule has 1 amide bonds. The molecule has 1 atom stereocenters. The Morgan fingerprint density at radius 3 is 2.52 bits per heavy atom. The molecule has 2 heterocycles. The van der Waals surface area contributed by atoms with Crippen molar-refractivity contribution in [3.05, 3.63) is 72.6 Å². The fourth-order valence-electron chi connectivity index (χ4n) is 3.26. The second-order valence-electron chi connectivity index (χ2n) is 6.91. The van der Waals surface area contributed by atoms with Crippen molar-refractivity contribution in [1.29, 1.82) is 0 Å². The Hall–Kier alpha value is -4.01. The lowest BCUT2D eigenvalue weighted by Gasteiger charge is -2.22. The molecule has 1 unspecified atom stereocenters. The third-order valence-corrected chi connectivity index (χ3v) is 4.70. The van der Waals surface area contributed by atoms with Crippen molar-refractivity contribution in [2.24, 2.45) is 5.10 Å². The number of rotatable bonds is 7. The number of esters is 1. The highest BCUT2D eigenvalue weighted by Crippen LogP contribution is 2.25. The molecule has 0 aliphatic carbocycles. The van der Waals surface area contributed by atoms with Gasteiger partial charge in [0.1, 0.15) is 18.1 Å². The Morgan fingerprint density at radius 2 is 1.81 bits per heavy atom. The number of hydrazone groups is 1. The van der Waals surface area contributed by atoms with Crippen molar-refractivity contribution < 1.29 is 14.3 Å². The number of ether oxygens (including phenoxy) is 1. The summed E-state index contributed by atoms with van der Waals surface area (Å²) in [5.74, 6) is -0.688. The first-order chi connectivity index (χ1) is 15.1. The quantitative estimate of drug-likeness (QED) is 0.592. The molecule has 0 saturated heterocycles. The third kappa shape index (κ3) is 4.77. The summed E-state index contributed by atoms with van der Waals surface area (Å²) >= 11 is 0. The van der Waals surface area contributed by atoms with Crippen molar-refractivity contribution >= 4 is 29.2 Å². The van der Waals surface area contributed by atoms with Crippen molar-refractivity contribution in [2.75, 3.05) is 16.9 Å². The highest BCUT2D eigenvalue weighted by Gasteiger charge is 2.37. The standard InChI is InChI=1S/C22H22N6O3/c1-2-31-21(30)18-13-19(28(25-18)17-11-7-4-8-12-17)20(29)24-22-23-15-27(26-22)14-16-9-5-3-6-10-16/h3-12,15,19H,2,13-14H2,1H3,(H,24,26,29). The number of aromatic nitrogens is 3. The van der Waals surface area contributed by atoms with Gasteiger partial charge in [-0.1, -0.05) is 48.5 Å². The average molecular weight is 418 g/mol. The topological polar surface area (TPSA) is 102 Å². The van der Waals surface area contributed by atoms with Gasteiger partial charge in [-0.3, -0.25) is 15.1 Å². The number of carbonyl (C=O) groups is 2. The second kappa shape index (κ2) is 9.21. The van der Waals surface area contributed by atoms with Gasteiger partial charge in [0.25, 0.3) is 5.91 Å². The number of benzene rings is 2. The van der Waals surface area contributed by atoms with E-state index in [1.807, 2.05) is 60.7 Å². The van der Waals surface area contributed by atoms with Gasteiger partial charge in [-0.25, -0.2) is 14.5 Å². The van der Waals surface area contributed by atoms with Crippen LogP contribution in [0.5, 0.6) is 0 Å². The van der Waals surface area contributed by atoms with E-state index in [1.54, 1.807) is 17.9 Å². The van der Waals surface area contributed by atoms with Crippen LogP contribution < -0.4 is 10.3 Å². The predicted molar refractivity (Wildman–Crippen MR) is 116 cm³/mol. The Balaban J connectivity index is 1.48. The van der Waals surface area contributed by atoms with E-state index in [1.165, 1.54) is 5.01 Å².